The molecule has 0 radical (unpaired) electrons. The number of rotatable bonds is 8. The van der Waals surface area contributed by atoms with Crippen LogP contribution in [0.1, 0.15) is 56.1 Å². The first-order valence-electron chi connectivity index (χ1n) is 14.4. The maximum absolute atomic E-state index is 13.5. The third kappa shape index (κ3) is 6.67. The van der Waals surface area contributed by atoms with Crippen LogP contribution in [-0.2, 0) is 14.3 Å². The van der Waals surface area contributed by atoms with E-state index < -0.39 is 17.5 Å². The molecule has 2 saturated heterocycles. The van der Waals surface area contributed by atoms with Gasteiger partial charge in [-0.15, -0.1) is 0 Å². The van der Waals surface area contributed by atoms with Crippen LogP contribution >= 0.6 is 0 Å². The number of amides is 1. The number of carbonyl (C=O) groups is 2. The van der Waals surface area contributed by atoms with Crippen molar-refractivity contribution in [2.45, 2.75) is 51.0 Å². The highest BCUT2D eigenvalue weighted by Crippen LogP contribution is 2.35. The Morgan fingerprint density at radius 1 is 1.02 bits per heavy atom. The molecule has 6 nitrogen and oxygen atoms in total. The molecule has 2 aliphatic rings. The molecule has 3 heterocycles. The first-order valence-corrected chi connectivity index (χ1v) is 14.4. The third-order valence-electron chi connectivity index (χ3n) is 8.50. The van der Waals surface area contributed by atoms with Crippen molar-refractivity contribution in [1.82, 2.24) is 14.8 Å². The van der Waals surface area contributed by atoms with E-state index in [1.165, 1.54) is 23.1 Å². The lowest BCUT2D eigenvalue weighted by atomic mass is 9.86. The number of piperidine rings is 2. The number of fused-ring (bicyclic) bond motifs is 1. The molecule has 0 bridgehead atoms. The number of hydrogen-bond acceptors (Lipinski definition) is 4. The highest BCUT2D eigenvalue weighted by Gasteiger charge is 2.35. The zero-order valence-electron chi connectivity index (χ0n) is 23.3. The molecule has 0 spiro atoms. The van der Waals surface area contributed by atoms with Crippen LogP contribution in [0.5, 0.6) is 0 Å². The van der Waals surface area contributed by atoms with Crippen LogP contribution in [0, 0.1) is 23.4 Å². The molecule has 1 amide bonds. The number of nitrogens with one attached hydrogen (secondary N) is 1. The van der Waals surface area contributed by atoms with E-state index in [0.717, 1.165) is 56.4 Å². The molecule has 1 atom stereocenters. The van der Waals surface area contributed by atoms with Crippen molar-refractivity contribution in [3.63, 3.8) is 0 Å². The molecule has 0 aliphatic carbocycles. The molecular formula is C32H36F3N3O3. The van der Waals surface area contributed by atoms with Crippen molar-refractivity contribution in [3.05, 3.63) is 77.2 Å². The maximum Gasteiger partial charge on any atom is 0.323 e. The molecule has 2 aliphatic heterocycles. The fraction of sp³-hybridized carbons (Fsp3) is 0.438. The fourth-order valence-corrected chi connectivity index (χ4v) is 6.24. The van der Waals surface area contributed by atoms with Crippen LogP contribution in [0.3, 0.4) is 0 Å². The lowest BCUT2D eigenvalue weighted by Gasteiger charge is -2.39. The Balaban J connectivity index is 1.16. The number of aromatic amines is 1. The Hall–Kier alpha value is -3.59. The van der Waals surface area contributed by atoms with Crippen molar-refractivity contribution in [2.24, 2.45) is 5.92 Å². The largest absolute Gasteiger partial charge is 0.465 e. The van der Waals surface area contributed by atoms with Crippen LogP contribution in [-0.4, -0.2) is 65.5 Å². The zero-order valence-corrected chi connectivity index (χ0v) is 23.3. The normalized spacial score (nSPS) is 18.3. The third-order valence-corrected chi connectivity index (χ3v) is 8.50. The number of para-hydroxylation sites is 1. The van der Waals surface area contributed by atoms with Gasteiger partial charge in [-0.3, -0.25) is 14.5 Å². The highest BCUT2D eigenvalue weighted by molar-refractivity contribution is 5.91. The number of aromatic nitrogens is 1. The van der Waals surface area contributed by atoms with Gasteiger partial charge < -0.3 is 14.6 Å². The van der Waals surface area contributed by atoms with Gasteiger partial charge in [-0.2, -0.15) is 0 Å². The molecule has 2 fully saturated rings. The molecule has 5 rings (SSSR count). The Labute approximate surface area is 238 Å². The Bertz CT molecular complexity index is 1380. The first kappa shape index (κ1) is 28.9. The standard InChI is InChI=1S/C32H36F3N3O3/c1-2-41-32(40)29(37-15-11-23(12-16-37)25-20-36-28-6-4-3-5-24(25)28)19-21-9-13-38(14-10-21)30(39)8-7-22-17-26(33)31(35)27(34)18-22/h3-8,17-18,20-21,23,29,36H,2,9-16,19H2,1H3/b8-7+. The second-order valence-electron chi connectivity index (χ2n) is 11.0. The van der Waals surface area contributed by atoms with Crippen LogP contribution < -0.4 is 0 Å². The lowest BCUT2D eigenvalue weighted by molar-refractivity contribution is -0.151. The summed E-state index contributed by atoms with van der Waals surface area (Å²) in [4.78, 5) is 33.1. The molecule has 2 aromatic carbocycles. The topological polar surface area (TPSA) is 65.6 Å². The second-order valence-corrected chi connectivity index (χ2v) is 11.0. The van der Waals surface area contributed by atoms with Crippen LogP contribution in [0.2, 0.25) is 0 Å². The summed E-state index contributed by atoms with van der Waals surface area (Å²) in [5.41, 5.74) is 2.57. The van der Waals surface area contributed by atoms with Crippen LogP contribution in [0.4, 0.5) is 13.2 Å². The summed E-state index contributed by atoms with van der Waals surface area (Å²) in [7, 11) is 0. The predicted octanol–water partition coefficient (Wildman–Crippen LogP) is 6.04. The maximum atomic E-state index is 13.5. The number of likely N-dealkylation sites (tertiary alicyclic amines) is 2. The van der Waals surface area contributed by atoms with Crippen LogP contribution in [0.25, 0.3) is 17.0 Å². The van der Waals surface area contributed by atoms with Crippen molar-refractivity contribution < 1.29 is 27.5 Å². The predicted molar refractivity (Wildman–Crippen MR) is 152 cm³/mol. The van der Waals surface area contributed by atoms with E-state index in [-0.39, 0.29) is 29.4 Å². The van der Waals surface area contributed by atoms with E-state index in [4.69, 9.17) is 4.74 Å². The van der Waals surface area contributed by atoms with Gasteiger partial charge in [0.25, 0.3) is 0 Å². The van der Waals surface area contributed by atoms with E-state index in [2.05, 4.69) is 34.3 Å². The van der Waals surface area contributed by atoms with Crippen molar-refractivity contribution in [2.75, 3.05) is 32.8 Å². The molecule has 0 saturated carbocycles. The smallest absolute Gasteiger partial charge is 0.323 e. The number of esters is 1. The van der Waals surface area contributed by atoms with Gasteiger partial charge in [0.05, 0.1) is 6.61 Å². The van der Waals surface area contributed by atoms with Gasteiger partial charge in [-0.25, -0.2) is 13.2 Å². The summed E-state index contributed by atoms with van der Waals surface area (Å²) < 4.78 is 45.6. The van der Waals surface area contributed by atoms with Gasteiger partial charge in [0.2, 0.25) is 5.91 Å². The molecular weight excluding hydrogens is 531 g/mol. The minimum absolute atomic E-state index is 0.0791. The quantitative estimate of drug-likeness (QED) is 0.205. The van der Waals surface area contributed by atoms with Gasteiger partial charge in [0, 0.05) is 36.3 Å². The minimum Gasteiger partial charge on any atom is -0.465 e. The minimum atomic E-state index is -1.53. The van der Waals surface area contributed by atoms with E-state index in [9.17, 15) is 22.8 Å². The summed E-state index contributed by atoms with van der Waals surface area (Å²) in [5, 5.41) is 1.26. The molecule has 1 N–H and O–H groups in total. The summed E-state index contributed by atoms with van der Waals surface area (Å²) in [5.74, 6) is -3.87. The van der Waals surface area contributed by atoms with E-state index in [0.29, 0.717) is 32.0 Å². The number of ether oxygens (including phenoxy) is 1. The first-order chi connectivity index (χ1) is 19.8. The fourth-order valence-electron chi connectivity index (χ4n) is 6.24. The zero-order chi connectivity index (χ0) is 28.9. The Morgan fingerprint density at radius 3 is 2.39 bits per heavy atom. The monoisotopic (exact) mass is 567 g/mol. The molecule has 9 heteroatoms. The van der Waals surface area contributed by atoms with E-state index in [1.54, 1.807) is 4.90 Å². The van der Waals surface area contributed by atoms with Gasteiger partial charge in [0.15, 0.2) is 17.5 Å². The number of benzene rings is 2. The Morgan fingerprint density at radius 2 is 1.71 bits per heavy atom. The molecule has 1 aromatic heterocycles. The summed E-state index contributed by atoms with van der Waals surface area (Å²) in [6.45, 7) is 4.85. The molecule has 218 valence electrons. The van der Waals surface area contributed by atoms with Crippen molar-refractivity contribution in [3.8, 4) is 0 Å². The lowest BCUT2D eigenvalue weighted by Crippen LogP contribution is -2.48. The molecule has 3 aromatic rings. The summed E-state index contributed by atoms with van der Waals surface area (Å²) in [6.07, 6.45) is 8.79. The molecule has 1 unspecified atom stereocenters. The van der Waals surface area contributed by atoms with Gasteiger partial charge in [0.1, 0.15) is 6.04 Å². The number of carbonyl (C=O) groups excluding carboxylic acids is 2. The summed E-state index contributed by atoms with van der Waals surface area (Å²) >= 11 is 0. The number of halogens is 3. The molecule has 41 heavy (non-hydrogen) atoms. The number of H-pyrrole nitrogens is 1. The van der Waals surface area contributed by atoms with Crippen LogP contribution in [0.15, 0.2) is 48.7 Å². The summed E-state index contributed by atoms with van der Waals surface area (Å²) in [6, 6.07) is 9.74. The highest BCUT2D eigenvalue weighted by atomic mass is 19.2. The number of nitrogens with zero attached hydrogens (tertiary/aromatic N) is 2. The van der Waals surface area contributed by atoms with Crippen molar-refractivity contribution in [1.29, 1.82) is 0 Å². The average molecular weight is 568 g/mol. The van der Waals surface area contributed by atoms with Gasteiger partial charge >= 0.3 is 5.97 Å². The van der Waals surface area contributed by atoms with Gasteiger partial charge in [-0.05, 0) is 99.4 Å². The van der Waals surface area contributed by atoms with E-state index >= 15 is 0 Å². The van der Waals surface area contributed by atoms with Gasteiger partial charge in [-0.1, -0.05) is 18.2 Å². The average Bonchev–Trinajstić information content (AvgIpc) is 3.42. The SMILES string of the molecule is CCOC(=O)C(CC1CCN(C(=O)/C=C/c2cc(F)c(F)c(F)c2)CC1)N1CCC(c2c[nH]c3ccccc23)CC1. The van der Waals surface area contributed by atoms with Crippen molar-refractivity contribution >= 4 is 28.9 Å². The van der Waals surface area contributed by atoms with E-state index in [1.807, 2.05) is 13.0 Å². The Kier molecular flexibility index (Phi) is 9.12. The second kappa shape index (κ2) is 12.9. The number of hydrogen-bond donors (Lipinski definition) is 1.